The average molecular weight is 459 g/mol. The summed E-state index contributed by atoms with van der Waals surface area (Å²) < 4.78 is 5.49. The number of hydrogen-bond donors (Lipinski definition) is 2. The molecule has 2 N–H and O–H groups in total. The van der Waals surface area contributed by atoms with Crippen LogP contribution in [0.2, 0.25) is 0 Å². The van der Waals surface area contributed by atoms with Crippen LogP contribution in [0, 0.1) is 18.8 Å². The van der Waals surface area contributed by atoms with Crippen molar-refractivity contribution in [2.75, 3.05) is 38.0 Å². The molecule has 0 bridgehead atoms. The molecular weight excluding hydrogens is 420 g/mol. The number of amides is 4. The van der Waals surface area contributed by atoms with Gasteiger partial charge in [0.15, 0.2) is 0 Å². The van der Waals surface area contributed by atoms with E-state index in [0.717, 1.165) is 43.5 Å². The van der Waals surface area contributed by atoms with Gasteiger partial charge in [-0.1, -0.05) is 17.7 Å². The molecule has 2 saturated heterocycles. The van der Waals surface area contributed by atoms with Gasteiger partial charge in [0.05, 0.1) is 5.92 Å². The maximum atomic E-state index is 13.2. The number of ether oxygens (including phenoxy) is 1. The van der Waals surface area contributed by atoms with Crippen LogP contribution in [-0.4, -0.2) is 66.2 Å². The molecule has 8 heteroatoms. The van der Waals surface area contributed by atoms with Gasteiger partial charge >= 0.3 is 12.1 Å². The molecule has 1 aromatic rings. The van der Waals surface area contributed by atoms with E-state index in [4.69, 9.17) is 4.74 Å². The van der Waals surface area contributed by atoms with Crippen LogP contribution < -0.4 is 10.6 Å². The zero-order valence-corrected chi connectivity index (χ0v) is 20.4. The Hall–Kier alpha value is -2.77. The van der Waals surface area contributed by atoms with Gasteiger partial charge in [0.2, 0.25) is 5.91 Å². The monoisotopic (exact) mass is 458 g/mol. The highest BCUT2D eigenvalue weighted by Gasteiger charge is 2.34. The molecular formula is C25H38N4O4. The van der Waals surface area contributed by atoms with Gasteiger partial charge in [0.25, 0.3) is 0 Å². The van der Waals surface area contributed by atoms with Crippen molar-refractivity contribution in [3.63, 3.8) is 0 Å². The lowest BCUT2D eigenvalue weighted by atomic mass is 9.93. The third-order valence-corrected chi connectivity index (χ3v) is 6.11. The predicted molar refractivity (Wildman–Crippen MR) is 128 cm³/mol. The molecule has 0 aromatic heterocycles. The van der Waals surface area contributed by atoms with Crippen molar-refractivity contribution in [2.45, 2.75) is 59.0 Å². The number of rotatable bonds is 4. The van der Waals surface area contributed by atoms with Crippen LogP contribution in [0.25, 0.3) is 0 Å². The molecule has 1 aromatic carbocycles. The third kappa shape index (κ3) is 7.65. The Morgan fingerprint density at radius 3 is 2.36 bits per heavy atom. The first-order chi connectivity index (χ1) is 15.6. The number of hydrogen-bond acceptors (Lipinski definition) is 4. The van der Waals surface area contributed by atoms with E-state index in [0.29, 0.717) is 26.2 Å². The smallest absolute Gasteiger partial charge is 0.410 e. The Kier molecular flexibility index (Phi) is 8.21. The quantitative estimate of drug-likeness (QED) is 0.713. The summed E-state index contributed by atoms with van der Waals surface area (Å²) in [6.07, 6.45) is 3.13. The summed E-state index contributed by atoms with van der Waals surface area (Å²) in [5, 5.41) is 5.79. The number of likely N-dealkylation sites (tertiary alicyclic amines) is 2. The van der Waals surface area contributed by atoms with Gasteiger partial charge in [-0.25, -0.2) is 9.59 Å². The molecule has 0 radical (unpaired) electrons. The maximum absolute atomic E-state index is 13.2. The van der Waals surface area contributed by atoms with Gasteiger partial charge < -0.3 is 25.2 Å². The Balaban J connectivity index is 1.47. The Morgan fingerprint density at radius 2 is 1.67 bits per heavy atom. The highest BCUT2D eigenvalue weighted by Crippen LogP contribution is 2.24. The van der Waals surface area contributed by atoms with Crippen molar-refractivity contribution in [3.8, 4) is 0 Å². The number of benzene rings is 1. The average Bonchev–Trinajstić information content (AvgIpc) is 2.78. The van der Waals surface area contributed by atoms with Crippen LogP contribution in [0.4, 0.5) is 15.3 Å². The fourth-order valence-corrected chi connectivity index (χ4v) is 4.41. The minimum Gasteiger partial charge on any atom is -0.444 e. The summed E-state index contributed by atoms with van der Waals surface area (Å²) in [6, 6.07) is 7.43. The number of carbonyl (C=O) groups excluding carboxylic acids is 3. The summed E-state index contributed by atoms with van der Waals surface area (Å²) in [6.45, 7) is 10.5. The lowest BCUT2D eigenvalue weighted by molar-refractivity contribution is -0.139. The van der Waals surface area contributed by atoms with Crippen LogP contribution in [-0.2, 0) is 9.53 Å². The van der Waals surface area contributed by atoms with E-state index in [-0.39, 0.29) is 29.9 Å². The standard InChI is InChI=1S/C25H38N4O4/c1-18-9-11-21(12-10-18)27-23(31)26-15-19-7-5-13-28(16-19)22(30)20-8-6-14-29(17-20)24(32)33-25(2,3)4/h9-12,19-20H,5-8,13-17H2,1-4H3,(H2,26,27,31). The number of urea groups is 1. The number of nitrogens with one attached hydrogen (secondary N) is 2. The molecule has 2 heterocycles. The van der Waals surface area contributed by atoms with Crippen LogP contribution in [0.15, 0.2) is 24.3 Å². The number of carbonyl (C=O) groups is 3. The summed E-state index contributed by atoms with van der Waals surface area (Å²) >= 11 is 0. The fraction of sp³-hybridized carbons (Fsp3) is 0.640. The Labute approximate surface area is 197 Å². The molecule has 2 fully saturated rings. The summed E-state index contributed by atoms with van der Waals surface area (Å²) in [5.41, 5.74) is 1.35. The second kappa shape index (κ2) is 10.9. The highest BCUT2D eigenvalue weighted by atomic mass is 16.6. The molecule has 0 aliphatic carbocycles. The molecule has 182 valence electrons. The van der Waals surface area contributed by atoms with E-state index in [9.17, 15) is 14.4 Å². The summed E-state index contributed by atoms with van der Waals surface area (Å²) in [7, 11) is 0. The molecule has 2 aliphatic rings. The summed E-state index contributed by atoms with van der Waals surface area (Å²) in [4.78, 5) is 41.5. The molecule has 2 atom stereocenters. The third-order valence-electron chi connectivity index (χ3n) is 6.11. The lowest BCUT2D eigenvalue weighted by Gasteiger charge is -2.38. The second-order valence-corrected chi connectivity index (χ2v) is 10.3. The summed E-state index contributed by atoms with van der Waals surface area (Å²) in [5.74, 6) is 0.136. The number of anilines is 1. The van der Waals surface area contributed by atoms with Crippen LogP contribution in [0.1, 0.15) is 52.0 Å². The lowest BCUT2D eigenvalue weighted by Crippen LogP contribution is -2.51. The number of nitrogens with zero attached hydrogens (tertiary/aromatic N) is 2. The molecule has 3 rings (SSSR count). The predicted octanol–water partition coefficient (Wildman–Crippen LogP) is 4.00. The molecule has 0 spiro atoms. The SMILES string of the molecule is Cc1ccc(NC(=O)NCC2CCCN(C(=O)C3CCCN(C(=O)OC(C)(C)C)C3)C2)cc1. The van der Waals surface area contributed by atoms with Crippen LogP contribution in [0.5, 0.6) is 0 Å². The van der Waals surface area contributed by atoms with Crippen molar-refractivity contribution in [2.24, 2.45) is 11.8 Å². The van der Waals surface area contributed by atoms with Crippen LogP contribution >= 0.6 is 0 Å². The molecule has 0 saturated carbocycles. The number of aryl methyl sites for hydroxylation is 1. The van der Waals surface area contributed by atoms with E-state index in [1.165, 1.54) is 0 Å². The van der Waals surface area contributed by atoms with Crippen molar-refractivity contribution >= 4 is 23.7 Å². The molecule has 4 amide bonds. The maximum Gasteiger partial charge on any atom is 0.410 e. The minimum atomic E-state index is -0.549. The largest absolute Gasteiger partial charge is 0.444 e. The van der Waals surface area contributed by atoms with E-state index < -0.39 is 5.60 Å². The normalized spacial score (nSPS) is 21.3. The van der Waals surface area contributed by atoms with Crippen molar-refractivity contribution in [1.82, 2.24) is 15.1 Å². The Bertz CT molecular complexity index is 834. The zero-order chi connectivity index (χ0) is 24.0. The van der Waals surface area contributed by atoms with Gasteiger partial charge in [-0.15, -0.1) is 0 Å². The van der Waals surface area contributed by atoms with Gasteiger partial charge in [-0.3, -0.25) is 4.79 Å². The van der Waals surface area contributed by atoms with E-state index >= 15 is 0 Å². The van der Waals surface area contributed by atoms with Gasteiger partial charge in [-0.2, -0.15) is 0 Å². The van der Waals surface area contributed by atoms with Gasteiger partial charge in [0.1, 0.15) is 5.60 Å². The number of piperidine rings is 2. The first-order valence-electron chi connectivity index (χ1n) is 12.0. The van der Waals surface area contributed by atoms with Crippen molar-refractivity contribution in [1.29, 1.82) is 0 Å². The minimum absolute atomic E-state index is 0.108. The molecule has 2 unspecified atom stereocenters. The van der Waals surface area contributed by atoms with Crippen molar-refractivity contribution in [3.05, 3.63) is 29.8 Å². The Morgan fingerprint density at radius 1 is 1.00 bits per heavy atom. The van der Waals surface area contributed by atoms with Crippen LogP contribution in [0.3, 0.4) is 0 Å². The first kappa shape index (κ1) is 24.9. The highest BCUT2D eigenvalue weighted by molar-refractivity contribution is 5.89. The zero-order valence-electron chi connectivity index (χ0n) is 20.4. The molecule has 2 aliphatic heterocycles. The van der Waals surface area contributed by atoms with Crippen molar-refractivity contribution < 1.29 is 19.1 Å². The van der Waals surface area contributed by atoms with E-state index in [1.54, 1.807) is 4.90 Å². The topological polar surface area (TPSA) is 91.0 Å². The molecule has 8 nitrogen and oxygen atoms in total. The van der Waals surface area contributed by atoms with E-state index in [1.807, 2.05) is 56.9 Å². The van der Waals surface area contributed by atoms with E-state index in [2.05, 4.69) is 10.6 Å². The van der Waals surface area contributed by atoms with Gasteiger partial charge in [0, 0.05) is 38.4 Å². The second-order valence-electron chi connectivity index (χ2n) is 10.3. The first-order valence-corrected chi connectivity index (χ1v) is 12.0. The fourth-order valence-electron chi connectivity index (χ4n) is 4.41. The van der Waals surface area contributed by atoms with Gasteiger partial charge in [-0.05, 0) is 71.4 Å². The molecule has 33 heavy (non-hydrogen) atoms.